The monoisotopic (exact) mass is 479 g/mol. The second kappa shape index (κ2) is 9.58. The summed E-state index contributed by atoms with van der Waals surface area (Å²) in [5.41, 5.74) is 2.17. The van der Waals surface area contributed by atoms with Gasteiger partial charge in [0.2, 0.25) is 5.91 Å². The van der Waals surface area contributed by atoms with Crippen LogP contribution in [0.3, 0.4) is 0 Å². The second-order valence-corrected chi connectivity index (χ2v) is 9.39. The molecule has 2 aromatic rings. The minimum absolute atomic E-state index is 0.0185. The molecule has 0 N–H and O–H groups in total. The lowest BCUT2D eigenvalue weighted by atomic mass is 10.1. The fraction of sp³-hybridized carbons (Fsp3) is 0.360. The minimum atomic E-state index is -0.404. The van der Waals surface area contributed by atoms with E-state index in [1.54, 1.807) is 21.9 Å². The normalized spacial score (nSPS) is 19.5. The molecule has 0 bridgehead atoms. The largest absolute Gasteiger partial charge is 0.366 e. The Labute approximate surface area is 202 Å². The highest BCUT2D eigenvalue weighted by Gasteiger charge is 2.41. The van der Waals surface area contributed by atoms with Gasteiger partial charge in [-0.3, -0.25) is 14.6 Å². The maximum Gasteiger partial charge on any atom is 0.259 e. The number of halogens is 1. The van der Waals surface area contributed by atoms with Crippen molar-refractivity contribution in [3.8, 4) is 0 Å². The number of hydrogen-bond donors (Lipinski definition) is 0. The highest BCUT2D eigenvalue weighted by Crippen LogP contribution is 2.34. The molecule has 0 spiro atoms. The van der Waals surface area contributed by atoms with Gasteiger partial charge in [0.15, 0.2) is 5.17 Å². The molecule has 0 saturated carbocycles. The average molecular weight is 480 g/mol. The first-order valence-corrected chi connectivity index (χ1v) is 12.5. The van der Waals surface area contributed by atoms with Gasteiger partial charge in [0, 0.05) is 31.7 Å². The molecule has 176 valence electrons. The van der Waals surface area contributed by atoms with Crippen molar-refractivity contribution in [2.45, 2.75) is 25.8 Å². The molecule has 1 saturated heterocycles. The van der Waals surface area contributed by atoms with Gasteiger partial charge < -0.3 is 9.80 Å². The van der Waals surface area contributed by atoms with Gasteiger partial charge in [0.25, 0.3) is 5.91 Å². The lowest BCUT2D eigenvalue weighted by molar-refractivity contribution is -0.128. The zero-order chi connectivity index (χ0) is 23.7. The smallest absolute Gasteiger partial charge is 0.259 e. The third-order valence-electron chi connectivity index (χ3n) is 6.26. The van der Waals surface area contributed by atoms with E-state index in [2.05, 4.69) is 0 Å². The molecule has 0 radical (unpaired) electrons. The molecule has 1 fully saturated rings. The number of carbonyl (C=O) groups is 2. The second-order valence-electron chi connectivity index (χ2n) is 8.45. The van der Waals surface area contributed by atoms with E-state index in [1.807, 2.05) is 42.2 Å². The Morgan fingerprint density at radius 3 is 2.59 bits per heavy atom. The van der Waals surface area contributed by atoms with E-state index in [9.17, 15) is 14.0 Å². The summed E-state index contributed by atoms with van der Waals surface area (Å²) in [5.74, 6) is 0.458. The van der Waals surface area contributed by atoms with Crippen LogP contribution in [0.25, 0.3) is 0 Å². The molecule has 2 aromatic carbocycles. The van der Waals surface area contributed by atoms with Gasteiger partial charge in [0.1, 0.15) is 17.7 Å². The summed E-state index contributed by atoms with van der Waals surface area (Å²) in [6.07, 6.45) is 1.55. The number of amidine groups is 2. The number of thioether (sulfide) groups is 1. The van der Waals surface area contributed by atoms with E-state index in [0.29, 0.717) is 49.3 Å². The number of nitrogens with zero attached hydrogens (tertiary/aromatic N) is 5. The van der Waals surface area contributed by atoms with Gasteiger partial charge in [-0.15, -0.1) is 0 Å². The number of anilines is 1. The van der Waals surface area contributed by atoms with Gasteiger partial charge in [-0.1, -0.05) is 49.4 Å². The van der Waals surface area contributed by atoms with Crippen molar-refractivity contribution in [3.63, 3.8) is 0 Å². The highest BCUT2D eigenvalue weighted by molar-refractivity contribution is 8.14. The first-order chi connectivity index (χ1) is 16.6. The summed E-state index contributed by atoms with van der Waals surface area (Å²) in [6, 6.07) is 13.9. The lowest BCUT2D eigenvalue weighted by Gasteiger charge is -2.36. The summed E-state index contributed by atoms with van der Waals surface area (Å²) >= 11 is 1.27. The Morgan fingerprint density at radius 2 is 1.82 bits per heavy atom. The van der Waals surface area contributed by atoms with Crippen molar-refractivity contribution in [1.29, 1.82) is 0 Å². The fourth-order valence-corrected chi connectivity index (χ4v) is 5.39. The van der Waals surface area contributed by atoms with E-state index >= 15 is 0 Å². The molecule has 3 heterocycles. The zero-order valence-electron chi connectivity index (χ0n) is 19.0. The number of carbonyl (C=O) groups excluding carboxylic acids is 2. The maximum absolute atomic E-state index is 14.1. The van der Waals surface area contributed by atoms with Crippen LogP contribution < -0.4 is 4.90 Å². The third kappa shape index (κ3) is 4.20. The Bertz CT molecular complexity index is 1180. The number of aliphatic imine (C=N–C) groups is 2. The van der Waals surface area contributed by atoms with E-state index in [0.717, 1.165) is 17.7 Å². The number of fused-ring (bicyclic) bond motifs is 3. The molecule has 0 unspecified atom stereocenters. The van der Waals surface area contributed by atoms with Gasteiger partial charge in [0.05, 0.1) is 17.1 Å². The Morgan fingerprint density at radius 1 is 1.09 bits per heavy atom. The number of rotatable bonds is 5. The van der Waals surface area contributed by atoms with Crippen LogP contribution in [0.1, 0.15) is 25.3 Å². The molecular weight excluding hydrogens is 453 g/mol. The molecule has 7 nitrogen and oxygen atoms in total. The highest BCUT2D eigenvalue weighted by atomic mass is 32.2. The summed E-state index contributed by atoms with van der Waals surface area (Å²) in [7, 11) is 0. The minimum Gasteiger partial charge on any atom is -0.366 e. The molecule has 1 atom stereocenters. The zero-order valence-corrected chi connectivity index (χ0v) is 19.8. The van der Waals surface area contributed by atoms with Gasteiger partial charge >= 0.3 is 0 Å². The van der Waals surface area contributed by atoms with Crippen molar-refractivity contribution in [2.24, 2.45) is 9.98 Å². The lowest BCUT2D eigenvalue weighted by Crippen LogP contribution is -2.50. The topological polar surface area (TPSA) is 68.6 Å². The molecule has 2 amide bonds. The number of hydrogen-bond acceptors (Lipinski definition) is 6. The number of para-hydroxylation sites is 2. The molecular formula is C25H26FN5O2S. The molecule has 0 aromatic heterocycles. The SMILES string of the molecule is CCC[C@@H]1N=C2c3ccccc3N=C(SCC(=O)N3CCN(c4ccccc4F)CC3)N2C1=O. The Balaban J connectivity index is 1.26. The van der Waals surface area contributed by atoms with Crippen molar-refractivity contribution >= 4 is 46.0 Å². The summed E-state index contributed by atoms with van der Waals surface area (Å²) in [6.45, 7) is 4.23. The molecule has 0 aliphatic carbocycles. The third-order valence-corrected chi connectivity index (χ3v) is 7.18. The van der Waals surface area contributed by atoms with Crippen LogP contribution in [0.5, 0.6) is 0 Å². The standard InChI is InChI=1S/C25H26FN5O2S/c1-2-7-20-24(33)31-23(27-20)17-8-3-5-10-19(17)28-25(31)34-16-22(32)30-14-12-29(13-15-30)21-11-6-4-9-18(21)26/h3-6,8-11,20H,2,7,12-16H2,1H3/t20-/m0/s1. The predicted molar refractivity (Wildman–Crippen MR) is 133 cm³/mol. The number of benzene rings is 2. The Kier molecular flexibility index (Phi) is 6.36. The summed E-state index contributed by atoms with van der Waals surface area (Å²) in [4.78, 5) is 40.8. The quantitative estimate of drug-likeness (QED) is 0.656. The van der Waals surface area contributed by atoms with Gasteiger partial charge in [-0.2, -0.15) is 0 Å². The predicted octanol–water partition coefficient (Wildman–Crippen LogP) is 3.67. The Hall–Kier alpha value is -3.20. The first kappa shape index (κ1) is 22.6. The van der Waals surface area contributed by atoms with Gasteiger partial charge in [-0.25, -0.2) is 14.3 Å². The van der Waals surface area contributed by atoms with Crippen molar-refractivity contribution in [2.75, 3.05) is 36.8 Å². The van der Waals surface area contributed by atoms with E-state index in [4.69, 9.17) is 9.98 Å². The molecule has 3 aliphatic heterocycles. The summed E-state index contributed by atoms with van der Waals surface area (Å²) in [5, 5.41) is 0.499. The molecule has 3 aliphatic rings. The van der Waals surface area contributed by atoms with Crippen molar-refractivity contribution in [1.82, 2.24) is 9.80 Å². The van der Waals surface area contributed by atoms with Crippen LogP contribution in [0, 0.1) is 5.82 Å². The van der Waals surface area contributed by atoms with Crippen LogP contribution in [0.2, 0.25) is 0 Å². The van der Waals surface area contributed by atoms with Crippen LogP contribution in [-0.2, 0) is 9.59 Å². The number of amides is 2. The van der Waals surface area contributed by atoms with Crippen molar-refractivity contribution < 1.29 is 14.0 Å². The summed E-state index contributed by atoms with van der Waals surface area (Å²) < 4.78 is 14.1. The number of piperazine rings is 1. The maximum atomic E-state index is 14.1. The molecule has 34 heavy (non-hydrogen) atoms. The van der Waals surface area contributed by atoms with Crippen molar-refractivity contribution in [3.05, 3.63) is 59.9 Å². The van der Waals surface area contributed by atoms with E-state index < -0.39 is 6.04 Å². The fourth-order valence-electron chi connectivity index (χ4n) is 4.48. The van der Waals surface area contributed by atoms with E-state index in [-0.39, 0.29) is 23.4 Å². The van der Waals surface area contributed by atoms with Crippen LogP contribution in [0.4, 0.5) is 15.8 Å². The average Bonchev–Trinajstić information content (AvgIpc) is 3.19. The first-order valence-electron chi connectivity index (χ1n) is 11.6. The van der Waals surface area contributed by atoms with Crippen LogP contribution in [0.15, 0.2) is 58.5 Å². The molecule has 5 rings (SSSR count). The molecule has 9 heteroatoms. The van der Waals surface area contributed by atoms with Crippen LogP contribution >= 0.6 is 11.8 Å². The van der Waals surface area contributed by atoms with Crippen LogP contribution in [-0.4, -0.2) is 70.6 Å². The van der Waals surface area contributed by atoms with Gasteiger partial charge in [-0.05, 0) is 30.7 Å². The van der Waals surface area contributed by atoms with E-state index in [1.165, 1.54) is 17.8 Å².